The van der Waals surface area contributed by atoms with E-state index in [1.54, 1.807) is 0 Å². The lowest BCUT2D eigenvalue weighted by molar-refractivity contribution is 0.289. The first-order valence-electron chi connectivity index (χ1n) is 2.30. The fraction of sp³-hybridized carbons (Fsp3) is 0.750. The Morgan fingerprint density at radius 2 is 2.33 bits per heavy atom. The summed E-state index contributed by atoms with van der Waals surface area (Å²) in [7, 11) is 1.17. The monoisotopic (exact) mass is 103 g/mol. The lowest BCUT2D eigenvalue weighted by atomic mass is 10.4. The maximum Gasteiger partial charge on any atom is 0.0431 e. The van der Waals surface area contributed by atoms with Gasteiger partial charge in [-0.05, 0) is 6.42 Å². The van der Waals surface area contributed by atoms with Crippen LogP contribution in [0.5, 0.6) is 0 Å². The molecule has 1 radical (unpaired) electrons. The zero-order valence-corrected chi connectivity index (χ0v) is 6.15. The second-order valence-corrected chi connectivity index (χ2v) is 2.09. The summed E-state index contributed by atoms with van der Waals surface area (Å²) in [6.45, 7) is 0.346. The smallest absolute Gasteiger partial charge is 0.0431 e. The van der Waals surface area contributed by atoms with E-state index in [0.717, 1.165) is 12.8 Å². The SMILES string of the molecule is OCCC[CH][SiH3]. The molecule has 6 heavy (non-hydrogen) atoms. The van der Waals surface area contributed by atoms with Crippen LogP contribution in [-0.4, -0.2) is 22.0 Å². The molecule has 0 aromatic carbocycles. The number of hydrogen-bond acceptors (Lipinski definition) is 1. The molecule has 0 fully saturated rings. The minimum atomic E-state index is 0.346. The minimum Gasteiger partial charge on any atom is -0.396 e. The molecule has 1 N–H and O–H groups in total. The van der Waals surface area contributed by atoms with Crippen molar-refractivity contribution in [2.45, 2.75) is 12.8 Å². The Hall–Kier alpha value is 0.177. The van der Waals surface area contributed by atoms with Crippen molar-refractivity contribution in [1.29, 1.82) is 0 Å². The van der Waals surface area contributed by atoms with Crippen LogP contribution in [0.1, 0.15) is 12.8 Å². The summed E-state index contributed by atoms with van der Waals surface area (Å²) in [5.41, 5.74) is 0. The molecule has 0 bridgehead atoms. The van der Waals surface area contributed by atoms with Crippen molar-refractivity contribution in [3.8, 4) is 0 Å². The van der Waals surface area contributed by atoms with Gasteiger partial charge in [-0.3, -0.25) is 0 Å². The van der Waals surface area contributed by atoms with Gasteiger partial charge in [-0.2, -0.15) is 0 Å². The standard InChI is InChI=1S/C4H11OSi/c5-3-1-2-4-6/h4-5H,1-3H2,6H3. The number of rotatable bonds is 3. The lowest BCUT2D eigenvalue weighted by Gasteiger charge is -1.85. The first-order chi connectivity index (χ1) is 2.91. The second kappa shape index (κ2) is 5.18. The van der Waals surface area contributed by atoms with Gasteiger partial charge < -0.3 is 5.11 Å². The molecule has 0 unspecified atom stereocenters. The molecule has 0 aliphatic rings. The Kier molecular flexibility index (Phi) is 5.33. The summed E-state index contributed by atoms with van der Waals surface area (Å²) in [5.74, 6) is 0. The second-order valence-electron chi connectivity index (χ2n) is 1.27. The summed E-state index contributed by atoms with van der Waals surface area (Å²) >= 11 is 0. The van der Waals surface area contributed by atoms with Crippen LogP contribution < -0.4 is 0 Å². The number of hydrogen-bond donors (Lipinski definition) is 1. The third-order valence-corrected chi connectivity index (χ3v) is 1.23. The predicted octanol–water partition coefficient (Wildman–Crippen LogP) is -0.714. The van der Waals surface area contributed by atoms with Gasteiger partial charge in [-0.1, -0.05) is 12.5 Å². The molecule has 0 heterocycles. The van der Waals surface area contributed by atoms with Gasteiger partial charge in [0.05, 0.1) is 0 Å². The number of aliphatic hydroxyl groups excluding tert-OH is 1. The van der Waals surface area contributed by atoms with Gasteiger partial charge in [-0.25, -0.2) is 0 Å². The molecule has 0 amide bonds. The molecule has 0 aromatic heterocycles. The highest BCUT2D eigenvalue weighted by atomic mass is 28.1. The normalized spacial score (nSPS) is 9.50. The number of unbranched alkanes of at least 4 members (excludes halogenated alkanes) is 1. The Morgan fingerprint density at radius 1 is 1.67 bits per heavy atom. The van der Waals surface area contributed by atoms with Crippen LogP contribution in [0.3, 0.4) is 0 Å². The lowest BCUT2D eigenvalue weighted by Crippen LogP contribution is -1.81. The third-order valence-electron chi connectivity index (χ3n) is 0.651. The van der Waals surface area contributed by atoms with Crippen LogP contribution in [0.2, 0.25) is 0 Å². The van der Waals surface area contributed by atoms with E-state index in [1.807, 2.05) is 0 Å². The molecule has 0 atom stereocenters. The van der Waals surface area contributed by atoms with Gasteiger partial charge in [0.2, 0.25) is 0 Å². The molecular formula is C4H11OSi. The van der Waals surface area contributed by atoms with E-state index in [1.165, 1.54) is 10.2 Å². The maximum absolute atomic E-state index is 8.19. The van der Waals surface area contributed by atoms with E-state index < -0.39 is 0 Å². The Balaban J connectivity index is 2.34. The zero-order valence-electron chi connectivity index (χ0n) is 4.15. The van der Waals surface area contributed by atoms with Crippen molar-refractivity contribution >= 4 is 10.2 Å². The van der Waals surface area contributed by atoms with Crippen molar-refractivity contribution < 1.29 is 5.11 Å². The highest BCUT2D eigenvalue weighted by molar-refractivity contribution is 6.14. The molecule has 0 spiro atoms. The summed E-state index contributed by atoms with van der Waals surface area (Å²) in [4.78, 5) is 0. The molecule has 0 saturated carbocycles. The Bertz CT molecular complexity index is 19.5. The summed E-state index contributed by atoms with van der Waals surface area (Å²) in [5, 5.41) is 8.19. The predicted molar refractivity (Wildman–Crippen MR) is 30.6 cm³/mol. The van der Waals surface area contributed by atoms with Gasteiger partial charge >= 0.3 is 0 Å². The molecular weight excluding hydrogens is 92.1 g/mol. The van der Waals surface area contributed by atoms with Crippen molar-refractivity contribution in [3.05, 3.63) is 6.04 Å². The van der Waals surface area contributed by atoms with Crippen LogP contribution >= 0.6 is 0 Å². The molecule has 1 nitrogen and oxygen atoms in total. The first-order valence-corrected chi connectivity index (χ1v) is 3.46. The summed E-state index contributed by atoms with van der Waals surface area (Å²) in [6, 6.07) is 2.19. The Morgan fingerprint density at radius 3 is 2.50 bits per heavy atom. The van der Waals surface area contributed by atoms with Gasteiger partial charge in [-0.15, -0.1) is 0 Å². The molecule has 0 saturated heterocycles. The van der Waals surface area contributed by atoms with Crippen molar-refractivity contribution in [2.24, 2.45) is 0 Å². The molecule has 0 aliphatic heterocycles. The van der Waals surface area contributed by atoms with E-state index >= 15 is 0 Å². The van der Waals surface area contributed by atoms with Crippen LogP contribution in [0, 0.1) is 6.04 Å². The first kappa shape index (κ1) is 6.18. The topological polar surface area (TPSA) is 20.2 Å². The highest BCUT2D eigenvalue weighted by Gasteiger charge is 1.76. The average Bonchev–Trinajstić information content (AvgIpc) is 1.61. The van der Waals surface area contributed by atoms with Crippen molar-refractivity contribution in [3.63, 3.8) is 0 Å². The van der Waals surface area contributed by atoms with Crippen LogP contribution in [-0.2, 0) is 0 Å². The fourth-order valence-corrected chi connectivity index (χ4v) is 0.704. The zero-order chi connectivity index (χ0) is 4.83. The molecule has 0 aromatic rings. The van der Waals surface area contributed by atoms with Gasteiger partial charge in [0.15, 0.2) is 0 Å². The minimum absolute atomic E-state index is 0.346. The van der Waals surface area contributed by atoms with Crippen molar-refractivity contribution in [2.75, 3.05) is 6.61 Å². The van der Waals surface area contributed by atoms with Crippen molar-refractivity contribution in [1.82, 2.24) is 0 Å². The average molecular weight is 103 g/mol. The van der Waals surface area contributed by atoms with E-state index in [0.29, 0.717) is 6.61 Å². The molecule has 0 aliphatic carbocycles. The maximum atomic E-state index is 8.19. The van der Waals surface area contributed by atoms with Crippen LogP contribution in [0.15, 0.2) is 0 Å². The number of aliphatic hydroxyl groups is 1. The fourth-order valence-electron chi connectivity index (χ4n) is 0.295. The van der Waals surface area contributed by atoms with Crippen LogP contribution in [0.25, 0.3) is 0 Å². The quantitative estimate of drug-likeness (QED) is 0.369. The van der Waals surface area contributed by atoms with Crippen LogP contribution in [0.4, 0.5) is 0 Å². The van der Waals surface area contributed by atoms with Gasteiger partial charge in [0.25, 0.3) is 0 Å². The highest BCUT2D eigenvalue weighted by Crippen LogP contribution is 1.85. The van der Waals surface area contributed by atoms with Gasteiger partial charge in [0.1, 0.15) is 0 Å². The van der Waals surface area contributed by atoms with Gasteiger partial charge in [0, 0.05) is 16.8 Å². The molecule has 0 rings (SSSR count). The molecule has 37 valence electrons. The summed E-state index contributed by atoms with van der Waals surface area (Å²) in [6.07, 6.45) is 2.05. The van der Waals surface area contributed by atoms with E-state index in [4.69, 9.17) is 5.11 Å². The molecule has 2 heteroatoms. The Labute approximate surface area is 41.8 Å². The van der Waals surface area contributed by atoms with E-state index in [-0.39, 0.29) is 0 Å². The third kappa shape index (κ3) is 4.18. The summed E-state index contributed by atoms with van der Waals surface area (Å²) < 4.78 is 0. The van der Waals surface area contributed by atoms with E-state index in [2.05, 4.69) is 6.04 Å². The van der Waals surface area contributed by atoms with E-state index in [9.17, 15) is 0 Å². The largest absolute Gasteiger partial charge is 0.396 e.